The highest BCUT2D eigenvalue weighted by atomic mass is 16.6. The normalized spacial score (nSPS) is 23.8. The zero-order valence-electron chi connectivity index (χ0n) is 25.3. The van der Waals surface area contributed by atoms with Gasteiger partial charge in [-0.1, -0.05) is 39.8 Å². The van der Waals surface area contributed by atoms with Crippen LogP contribution in [-0.4, -0.2) is 130 Å². The first-order chi connectivity index (χ1) is 19.6. The predicted octanol–water partition coefficient (Wildman–Crippen LogP) is -1.86. The van der Waals surface area contributed by atoms with E-state index in [4.69, 9.17) is 14.2 Å². The second-order valence-corrected chi connectivity index (χ2v) is 11.4. The van der Waals surface area contributed by atoms with Crippen molar-refractivity contribution in [2.45, 2.75) is 114 Å². The maximum absolute atomic E-state index is 12.8. The van der Waals surface area contributed by atoms with E-state index < -0.39 is 78.8 Å². The highest BCUT2D eigenvalue weighted by Gasteiger charge is 2.40. The van der Waals surface area contributed by atoms with Crippen molar-refractivity contribution in [3.63, 3.8) is 0 Å². The fourth-order valence-electron chi connectivity index (χ4n) is 4.34. The van der Waals surface area contributed by atoms with Crippen molar-refractivity contribution in [1.29, 1.82) is 0 Å². The summed E-state index contributed by atoms with van der Waals surface area (Å²) in [5, 5.41) is 66.9. The van der Waals surface area contributed by atoms with Crippen LogP contribution >= 0.6 is 0 Å². The molecule has 1 aliphatic heterocycles. The number of allylic oxidation sites excluding steroid dienone is 1. The minimum Gasteiger partial charge on any atom is -0.458 e. The smallest absolute Gasteiger partial charge is 0.338 e. The van der Waals surface area contributed by atoms with Crippen molar-refractivity contribution < 1.29 is 59.2 Å². The number of aliphatic hydroxyl groups is 6. The van der Waals surface area contributed by atoms with Crippen LogP contribution in [0.2, 0.25) is 0 Å². The van der Waals surface area contributed by atoms with Gasteiger partial charge < -0.3 is 55.5 Å². The highest BCUT2D eigenvalue weighted by molar-refractivity contribution is 5.90. The molecule has 0 unspecified atom stereocenters. The Hall–Kier alpha value is -2.17. The van der Waals surface area contributed by atoms with Gasteiger partial charge in [0.05, 0.1) is 12.6 Å². The average Bonchev–Trinajstić information content (AvgIpc) is 3.10. The summed E-state index contributed by atoms with van der Waals surface area (Å²) < 4.78 is 15.5. The maximum Gasteiger partial charge on any atom is 0.338 e. The van der Waals surface area contributed by atoms with Gasteiger partial charge in [0.2, 0.25) is 5.91 Å². The van der Waals surface area contributed by atoms with E-state index in [0.29, 0.717) is 6.42 Å². The molecule has 1 saturated heterocycles. The minimum atomic E-state index is -1.82. The fourth-order valence-corrected chi connectivity index (χ4v) is 4.34. The van der Waals surface area contributed by atoms with Gasteiger partial charge in [-0.25, -0.2) is 4.79 Å². The lowest BCUT2D eigenvalue weighted by atomic mass is 9.96. The van der Waals surface area contributed by atoms with Gasteiger partial charge >= 0.3 is 5.97 Å². The molecule has 0 bridgehead atoms. The molecule has 1 rings (SSSR count). The van der Waals surface area contributed by atoms with Crippen LogP contribution in [0.3, 0.4) is 0 Å². The lowest BCUT2D eigenvalue weighted by Gasteiger charge is -2.29. The summed E-state index contributed by atoms with van der Waals surface area (Å²) in [4.78, 5) is 38.2. The maximum atomic E-state index is 12.8. The van der Waals surface area contributed by atoms with Crippen LogP contribution in [0.1, 0.15) is 53.4 Å². The number of aliphatic hydroxyl groups excluding tert-OH is 6. The van der Waals surface area contributed by atoms with Crippen molar-refractivity contribution in [3.05, 3.63) is 12.2 Å². The lowest BCUT2D eigenvalue weighted by Crippen LogP contribution is -2.55. The number of rotatable bonds is 17. The molecule has 0 aromatic rings. The minimum absolute atomic E-state index is 0.0150. The second kappa shape index (κ2) is 18.5. The van der Waals surface area contributed by atoms with E-state index >= 15 is 0 Å². The number of carbonyl (C=O) groups excluding carboxylic acids is 3. The molecule has 0 saturated carbocycles. The molecule has 0 spiro atoms. The Morgan fingerprint density at radius 1 is 0.881 bits per heavy atom. The molecular weight excluding hydrogens is 556 g/mol. The zero-order chi connectivity index (χ0) is 32.1. The molecule has 0 aliphatic carbocycles. The number of nitrogens with one attached hydrogen (secondary N) is 2. The first kappa shape index (κ1) is 37.9. The number of ether oxygens (including phenoxy) is 3. The Morgan fingerprint density at radius 2 is 1.48 bits per heavy atom. The van der Waals surface area contributed by atoms with Crippen LogP contribution in [0.25, 0.3) is 0 Å². The van der Waals surface area contributed by atoms with E-state index in [1.165, 1.54) is 6.08 Å². The molecule has 1 heterocycles. The summed E-state index contributed by atoms with van der Waals surface area (Å²) in [5.41, 5.74) is 0. The Balaban J connectivity index is 2.78. The average molecular weight is 607 g/mol. The molecule has 0 radical (unpaired) electrons. The molecule has 0 aromatic carbocycles. The third-order valence-corrected chi connectivity index (χ3v) is 6.99. The van der Waals surface area contributed by atoms with Crippen molar-refractivity contribution in [3.8, 4) is 0 Å². The fraction of sp³-hybridized carbons (Fsp3) is 0.821. The van der Waals surface area contributed by atoms with Gasteiger partial charge in [0.1, 0.15) is 42.7 Å². The van der Waals surface area contributed by atoms with E-state index in [1.807, 2.05) is 27.7 Å². The first-order valence-corrected chi connectivity index (χ1v) is 14.2. The standard InChI is InChI=1S/C28H50N2O12/c1-14(2)7-11-18(31)20(33)22(35)24(40-5)27(38)30-17-10-9-16(13-29-26(17)37)42-28(39)25(41-6)23(36)21(34)19(32)12-8-15(3)4/h7,11,14-25,31-36H,8-10,12-13H2,1-6H3,(H,29,37)(H,30,38)/b11-7+/t16-,17-,18+,19+,20-,21-,22+,23+,24+,25+/m0/s1. The highest BCUT2D eigenvalue weighted by Crippen LogP contribution is 2.18. The number of methoxy groups -OCH3 is 2. The zero-order valence-corrected chi connectivity index (χ0v) is 25.3. The molecule has 244 valence electrons. The third-order valence-electron chi connectivity index (χ3n) is 6.99. The molecule has 14 heteroatoms. The summed E-state index contributed by atoms with van der Waals surface area (Å²) in [7, 11) is 2.26. The van der Waals surface area contributed by atoms with E-state index in [0.717, 1.165) is 14.2 Å². The molecule has 1 aliphatic rings. The Bertz CT molecular complexity index is 870. The van der Waals surface area contributed by atoms with Crippen molar-refractivity contribution >= 4 is 17.8 Å². The number of carbonyl (C=O) groups is 3. The number of hydrogen-bond donors (Lipinski definition) is 8. The predicted molar refractivity (Wildman–Crippen MR) is 150 cm³/mol. The Morgan fingerprint density at radius 3 is 2.02 bits per heavy atom. The molecule has 42 heavy (non-hydrogen) atoms. The van der Waals surface area contributed by atoms with Crippen LogP contribution in [0.4, 0.5) is 0 Å². The molecule has 14 nitrogen and oxygen atoms in total. The Kier molecular flexibility index (Phi) is 16.7. The molecule has 0 aromatic heterocycles. The van der Waals surface area contributed by atoms with Crippen LogP contribution < -0.4 is 10.6 Å². The molecule has 1 fully saturated rings. The summed E-state index contributed by atoms with van der Waals surface area (Å²) in [6.07, 6.45) is -10.0. The number of hydrogen-bond acceptors (Lipinski definition) is 12. The number of amides is 2. The summed E-state index contributed by atoms with van der Waals surface area (Å²) in [6.45, 7) is 7.47. The third kappa shape index (κ3) is 11.8. The van der Waals surface area contributed by atoms with E-state index in [9.17, 15) is 45.0 Å². The topological polar surface area (TPSA) is 224 Å². The van der Waals surface area contributed by atoms with Crippen molar-refractivity contribution in [2.24, 2.45) is 11.8 Å². The van der Waals surface area contributed by atoms with Crippen LogP contribution in [-0.2, 0) is 28.6 Å². The molecule has 8 N–H and O–H groups in total. The van der Waals surface area contributed by atoms with Crippen LogP contribution in [0.5, 0.6) is 0 Å². The molecular formula is C28H50N2O12. The van der Waals surface area contributed by atoms with Crippen LogP contribution in [0.15, 0.2) is 12.2 Å². The van der Waals surface area contributed by atoms with Gasteiger partial charge in [0.15, 0.2) is 12.2 Å². The largest absolute Gasteiger partial charge is 0.458 e. The first-order valence-electron chi connectivity index (χ1n) is 14.2. The van der Waals surface area contributed by atoms with Gasteiger partial charge in [-0.2, -0.15) is 0 Å². The summed E-state index contributed by atoms with van der Waals surface area (Å²) in [5.74, 6) is -2.19. The van der Waals surface area contributed by atoms with Gasteiger partial charge in [-0.15, -0.1) is 0 Å². The Labute approximate surface area is 247 Å². The van der Waals surface area contributed by atoms with Gasteiger partial charge in [0.25, 0.3) is 5.91 Å². The van der Waals surface area contributed by atoms with Gasteiger partial charge in [-0.3, -0.25) is 9.59 Å². The summed E-state index contributed by atoms with van der Waals surface area (Å²) >= 11 is 0. The van der Waals surface area contributed by atoms with Gasteiger partial charge in [-0.05, 0) is 37.5 Å². The monoisotopic (exact) mass is 606 g/mol. The van der Waals surface area contributed by atoms with Crippen molar-refractivity contribution in [2.75, 3.05) is 20.8 Å². The van der Waals surface area contributed by atoms with E-state index in [2.05, 4.69) is 10.6 Å². The van der Waals surface area contributed by atoms with Crippen molar-refractivity contribution in [1.82, 2.24) is 10.6 Å². The summed E-state index contributed by atoms with van der Waals surface area (Å²) in [6, 6.07) is -1.10. The number of esters is 1. The van der Waals surface area contributed by atoms with E-state index in [-0.39, 0.29) is 37.6 Å². The van der Waals surface area contributed by atoms with Crippen LogP contribution in [0, 0.1) is 11.8 Å². The van der Waals surface area contributed by atoms with E-state index in [1.54, 1.807) is 6.08 Å². The molecule has 2 amide bonds. The lowest BCUT2D eigenvalue weighted by molar-refractivity contribution is -0.178. The SMILES string of the molecule is CO[C@@H](C(=O)N[C@H]1CC[C@H](OC(=O)[C@H](OC)[C@H](O)[C@@H](O)[C@H](O)CCC(C)C)CNC1=O)[C@H](O)[C@@H](O)[C@H](O)/C=C/C(C)C. The second-order valence-electron chi connectivity index (χ2n) is 11.4. The van der Waals surface area contributed by atoms with Gasteiger partial charge in [0, 0.05) is 14.2 Å². The quantitative estimate of drug-likeness (QED) is 0.0674. The molecule has 10 atom stereocenters.